The molecule has 0 bridgehead atoms. The van der Waals surface area contributed by atoms with Crippen LogP contribution in [0.2, 0.25) is 5.02 Å². The molecule has 1 aromatic heterocycles. The van der Waals surface area contributed by atoms with Gasteiger partial charge in [0, 0.05) is 37.7 Å². The van der Waals surface area contributed by atoms with Crippen LogP contribution in [0.4, 0.5) is 24.7 Å². The molecule has 2 aromatic carbocycles. The van der Waals surface area contributed by atoms with Crippen molar-refractivity contribution >= 4 is 34.7 Å². The summed E-state index contributed by atoms with van der Waals surface area (Å²) < 4.78 is 42.3. The van der Waals surface area contributed by atoms with Gasteiger partial charge in [0.05, 0.1) is 16.4 Å². The van der Waals surface area contributed by atoms with Crippen LogP contribution >= 0.6 is 11.6 Å². The van der Waals surface area contributed by atoms with Gasteiger partial charge in [0.15, 0.2) is 11.6 Å². The van der Waals surface area contributed by atoms with E-state index in [0.717, 1.165) is 11.9 Å². The van der Waals surface area contributed by atoms with Gasteiger partial charge >= 0.3 is 0 Å². The highest BCUT2D eigenvalue weighted by Gasteiger charge is 2.28. The Morgan fingerprint density at radius 1 is 1.15 bits per heavy atom. The standard InChI is InChI=1S/C24H21ClF3N5O/c25-17-10-14(5-6-18(17)26)11-20(33-34)15-12-19(27)23(28)24-16(15)13-22(32-24)31-9-3-8-30-21-4-1-2-7-29-21/h1-2,4-7,10,12,34H,3,8-9,11,13H2,(H,29,30)(H,31,32)/b33-20+. The van der Waals surface area contributed by atoms with E-state index in [1.165, 1.54) is 18.2 Å². The number of benzene rings is 2. The predicted molar refractivity (Wildman–Crippen MR) is 127 cm³/mol. The van der Waals surface area contributed by atoms with Crippen molar-refractivity contribution in [3.63, 3.8) is 0 Å². The van der Waals surface area contributed by atoms with Crippen LogP contribution in [0.15, 0.2) is 58.8 Å². The molecule has 0 unspecified atom stereocenters. The number of aliphatic imine (C=N–C) groups is 1. The van der Waals surface area contributed by atoms with Crippen LogP contribution < -0.4 is 10.6 Å². The van der Waals surface area contributed by atoms with Crippen LogP contribution in [0.1, 0.15) is 23.1 Å². The third-order valence-electron chi connectivity index (χ3n) is 5.34. The summed E-state index contributed by atoms with van der Waals surface area (Å²) in [7, 11) is 0. The maximum atomic E-state index is 14.5. The molecule has 0 saturated heterocycles. The van der Waals surface area contributed by atoms with Gasteiger partial charge < -0.3 is 15.8 Å². The Morgan fingerprint density at radius 3 is 2.74 bits per heavy atom. The number of oxime groups is 1. The minimum Gasteiger partial charge on any atom is -0.411 e. The van der Waals surface area contributed by atoms with Crippen molar-refractivity contribution in [3.8, 4) is 0 Å². The summed E-state index contributed by atoms with van der Waals surface area (Å²) in [6, 6.07) is 10.6. The zero-order valence-corrected chi connectivity index (χ0v) is 18.7. The molecule has 0 radical (unpaired) electrons. The van der Waals surface area contributed by atoms with Crippen LogP contribution in [0, 0.1) is 17.5 Å². The molecule has 2 heterocycles. The van der Waals surface area contributed by atoms with Gasteiger partial charge in [0.2, 0.25) is 0 Å². The molecule has 34 heavy (non-hydrogen) atoms. The first-order valence-electron chi connectivity index (χ1n) is 10.6. The predicted octanol–water partition coefficient (Wildman–Crippen LogP) is 5.44. The maximum Gasteiger partial charge on any atom is 0.182 e. The summed E-state index contributed by atoms with van der Waals surface area (Å²) in [5.41, 5.74) is 1.30. The summed E-state index contributed by atoms with van der Waals surface area (Å²) in [5.74, 6) is -1.44. The van der Waals surface area contributed by atoms with Gasteiger partial charge in [0.25, 0.3) is 0 Å². The van der Waals surface area contributed by atoms with E-state index in [2.05, 4.69) is 25.8 Å². The van der Waals surface area contributed by atoms with Crippen LogP contribution in [0.5, 0.6) is 0 Å². The molecule has 10 heteroatoms. The van der Waals surface area contributed by atoms with Crippen LogP contribution in [0.25, 0.3) is 0 Å². The third kappa shape index (κ3) is 5.31. The fourth-order valence-corrected chi connectivity index (χ4v) is 3.89. The SMILES string of the molecule is O/N=C(\Cc1ccc(F)c(Cl)c1)c1cc(F)c(F)c2c1CC(=NCCCNc1ccccn1)N2. The van der Waals surface area contributed by atoms with E-state index >= 15 is 0 Å². The Bertz CT molecular complexity index is 1250. The summed E-state index contributed by atoms with van der Waals surface area (Å²) >= 11 is 5.83. The lowest BCUT2D eigenvalue weighted by Crippen LogP contribution is -2.11. The second-order valence-corrected chi connectivity index (χ2v) is 8.08. The zero-order chi connectivity index (χ0) is 24.1. The number of anilines is 2. The maximum absolute atomic E-state index is 14.5. The number of rotatable bonds is 8. The van der Waals surface area contributed by atoms with E-state index < -0.39 is 17.5 Å². The number of hydrogen-bond acceptors (Lipinski definition) is 5. The van der Waals surface area contributed by atoms with E-state index in [1.807, 2.05) is 18.2 Å². The number of amidine groups is 1. The molecule has 1 aliphatic rings. The lowest BCUT2D eigenvalue weighted by atomic mass is 9.95. The number of pyridine rings is 1. The second-order valence-electron chi connectivity index (χ2n) is 7.67. The first-order chi connectivity index (χ1) is 16.5. The van der Waals surface area contributed by atoms with Crippen LogP contribution in [-0.4, -0.2) is 34.8 Å². The molecule has 176 valence electrons. The summed E-state index contributed by atoms with van der Waals surface area (Å²) in [5, 5.41) is 18.9. The molecule has 4 rings (SSSR count). The topological polar surface area (TPSA) is 81.9 Å². The quantitative estimate of drug-likeness (QED) is 0.171. The molecule has 3 N–H and O–H groups in total. The van der Waals surface area contributed by atoms with Crippen molar-refractivity contribution in [1.82, 2.24) is 4.98 Å². The molecule has 0 fully saturated rings. The largest absolute Gasteiger partial charge is 0.411 e. The molecule has 6 nitrogen and oxygen atoms in total. The van der Waals surface area contributed by atoms with E-state index in [1.54, 1.807) is 6.20 Å². The minimum atomic E-state index is -1.08. The van der Waals surface area contributed by atoms with Gasteiger partial charge in [-0.3, -0.25) is 4.99 Å². The second kappa shape index (κ2) is 10.6. The van der Waals surface area contributed by atoms with Crippen molar-refractivity contribution in [3.05, 3.63) is 87.8 Å². The first kappa shape index (κ1) is 23.6. The zero-order valence-electron chi connectivity index (χ0n) is 18.0. The molecule has 0 amide bonds. The van der Waals surface area contributed by atoms with Gasteiger partial charge in [-0.25, -0.2) is 18.2 Å². The highest BCUT2D eigenvalue weighted by molar-refractivity contribution is 6.30. The monoisotopic (exact) mass is 487 g/mol. The Labute approximate surface area is 199 Å². The molecular formula is C24H21ClF3N5O. The average molecular weight is 488 g/mol. The highest BCUT2D eigenvalue weighted by atomic mass is 35.5. The van der Waals surface area contributed by atoms with E-state index in [4.69, 9.17) is 11.6 Å². The number of fused-ring (bicyclic) bond motifs is 1. The highest BCUT2D eigenvalue weighted by Crippen LogP contribution is 2.33. The lowest BCUT2D eigenvalue weighted by molar-refractivity contribution is 0.318. The van der Waals surface area contributed by atoms with Crippen molar-refractivity contribution in [2.75, 3.05) is 23.7 Å². The fraction of sp³-hybridized carbons (Fsp3) is 0.208. The molecular weight excluding hydrogens is 467 g/mol. The van der Waals surface area contributed by atoms with Crippen molar-refractivity contribution < 1.29 is 18.4 Å². The number of halogens is 4. The normalized spacial score (nSPS) is 14.2. The molecule has 3 aromatic rings. The van der Waals surface area contributed by atoms with Crippen molar-refractivity contribution in [2.24, 2.45) is 10.1 Å². The third-order valence-corrected chi connectivity index (χ3v) is 5.63. The van der Waals surface area contributed by atoms with E-state index in [-0.39, 0.29) is 34.8 Å². The van der Waals surface area contributed by atoms with E-state index in [0.29, 0.717) is 36.5 Å². The smallest absolute Gasteiger partial charge is 0.182 e. The van der Waals surface area contributed by atoms with Crippen LogP contribution in [0.3, 0.4) is 0 Å². The summed E-state index contributed by atoms with van der Waals surface area (Å²) in [6.07, 6.45) is 2.66. The first-order valence-corrected chi connectivity index (χ1v) is 11.0. The molecule has 0 spiro atoms. The minimum absolute atomic E-state index is 0.0290. The summed E-state index contributed by atoms with van der Waals surface area (Å²) in [6.45, 7) is 1.11. The Morgan fingerprint density at radius 2 is 2.00 bits per heavy atom. The molecule has 0 saturated carbocycles. The number of hydrogen-bond donors (Lipinski definition) is 3. The molecule has 0 atom stereocenters. The Balaban J connectivity index is 1.47. The van der Waals surface area contributed by atoms with Gasteiger partial charge in [-0.05, 0) is 47.9 Å². The summed E-state index contributed by atoms with van der Waals surface area (Å²) in [4.78, 5) is 8.64. The van der Waals surface area contributed by atoms with Gasteiger partial charge in [-0.15, -0.1) is 0 Å². The lowest BCUT2D eigenvalue weighted by Gasteiger charge is -2.11. The number of nitrogens with zero attached hydrogens (tertiary/aromatic N) is 3. The molecule has 0 aliphatic carbocycles. The van der Waals surface area contributed by atoms with E-state index in [9.17, 15) is 18.4 Å². The van der Waals surface area contributed by atoms with Crippen LogP contribution in [-0.2, 0) is 12.8 Å². The Kier molecular flexibility index (Phi) is 7.32. The van der Waals surface area contributed by atoms with Gasteiger partial charge in [-0.2, -0.15) is 0 Å². The molecule has 1 aliphatic heterocycles. The average Bonchev–Trinajstić information content (AvgIpc) is 3.27. The van der Waals surface area contributed by atoms with Crippen molar-refractivity contribution in [1.29, 1.82) is 0 Å². The number of aromatic nitrogens is 1. The Hall–Kier alpha value is -3.59. The number of nitrogens with one attached hydrogen (secondary N) is 2. The van der Waals surface area contributed by atoms with Crippen molar-refractivity contribution in [2.45, 2.75) is 19.3 Å². The van der Waals surface area contributed by atoms with Gasteiger partial charge in [0.1, 0.15) is 17.5 Å². The van der Waals surface area contributed by atoms with Gasteiger partial charge in [-0.1, -0.05) is 28.9 Å². The fourth-order valence-electron chi connectivity index (χ4n) is 3.69.